The number of rotatable bonds is 5. The number of carbonyl (C=O) groups is 1. The molecule has 122 valence electrons. The molecule has 1 fully saturated rings. The van der Waals surface area contributed by atoms with E-state index < -0.39 is 0 Å². The van der Waals surface area contributed by atoms with Crippen LogP contribution in [-0.4, -0.2) is 51.8 Å². The second kappa shape index (κ2) is 6.93. The van der Waals surface area contributed by atoms with E-state index in [1.54, 1.807) is 6.07 Å². The molecule has 1 aliphatic heterocycles. The molecule has 0 bridgehead atoms. The fourth-order valence-electron chi connectivity index (χ4n) is 3.06. The van der Waals surface area contributed by atoms with Crippen LogP contribution in [0.3, 0.4) is 0 Å². The third kappa shape index (κ3) is 3.78. The number of amides is 1. The maximum Gasteiger partial charge on any atom is 0.272 e. The minimum atomic E-state index is -0.195. The first-order chi connectivity index (χ1) is 11.2. The predicted octanol–water partition coefficient (Wildman–Crippen LogP) is 0.941. The van der Waals surface area contributed by atoms with Crippen molar-refractivity contribution < 1.29 is 9.90 Å². The average Bonchev–Trinajstić information content (AvgIpc) is 3.14. The summed E-state index contributed by atoms with van der Waals surface area (Å²) in [6.45, 7) is 4.25. The molecule has 1 aromatic heterocycles. The molecule has 2 heterocycles. The highest BCUT2D eigenvalue weighted by atomic mass is 16.3. The third-order valence-electron chi connectivity index (χ3n) is 4.26. The van der Waals surface area contributed by atoms with Crippen LogP contribution in [0.1, 0.15) is 21.7 Å². The monoisotopic (exact) mass is 314 g/mol. The molecule has 0 saturated carbocycles. The van der Waals surface area contributed by atoms with Crippen LogP contribution >= 0.6 is 0 Å². The number of aromatic nitrogens is 2. The molecule has 1 amide bonds. The number of aryl methyl sites for hydroxylation is 1. The van der Waals surface area contributed by atoms with E-state index in [1.807, 2.05) is 25.1 Å². The first-order valence-electron chi connectivity index (χ1n) is 7.85. The van der Waals surface area contributed by atoms with Crippen molar-refractivity contribution in [3.63, 3.8) is 0 Å². The summed E-state index contributed by atoms with van der Waals surface area (Å²) in [5.74, 6) is -0.151. The van der Waals surface area contributed by atoms with Gasteiger partial charge in [0.05, 0.1) is 0 Å². The largest absolute Gasteiger partial charge is 0.396 e. The van der Waals surface area contributed by atoms with Crippen molar-refractivity contribution in [1.82, 2.24) is 20.4 Å². The van der Waals surface area contributed by atoms with Gasteiger partial charge in [0.15, 0.2) is 0 Å². The molecule has 1 saturated heterocycles. The highest BCUT2D eigenvalue weighted by Gasteiger charge is 2.33. The lowest BCUT2D eigenvalue weighted by Gasteiger charge is -2.17. The second-order valence-electron chi connectivity index (χ2n) is 6.14. The highest BCUT2D eigenvalue weighted by molar-refractivity contribution is 5.92. The van der Waals surface area contributed by atoms with Gasteiger partial charge in [-0.3, -0.25) is 14.8 Å². The van der Waals surface area contributed by atoms with Gasteiger partial charge in [-0.15, -0.1) is 0 Å². The second-order valence-corrected chi connectivity index (χ2v) is 6.14. The average molecular weight is 314 g/mol. The Hall–Kier alpha value is -2.18. The molecule has 6 heteroatoms. The minimum absolute atomic E-state index is 0.0442. The summed E-state index contributed by atoms with van der Waals surface area (Å²) in [5, 5.41) is 19.4. The molecule has 0 unspecified atom stereocenters. The zero-order valence-corrected chi connectivity index (χ0v) is 13.2. The van der Waals surface area contributed by atoms with Crippen LogP contribution in [-0.2, 0) is 6.54 Å². The standard InChI is InChI=1S/C17H22N4O2/c1-12-7-15(20-19-12)17(23)18-16-10-21(9-14(16)11-22)8-13-5-3-2-4-6-13/h2-7,14,16,22H,8-11H2,1H3,(H,18,23)(H,19,20)/t14-,16+/m0/s1. The molecule has 23 heavy (non-hydrogen) atoms. The van der Waals surface area contributed by atoms with Crippen LogP contribution in [0.25, 0.3) is 0 Å². The SMILES string of the molecule is Cc1cc(C(=O)N[C@@H]2CN(Cc3ccccc3)C[C@H]2CO)n[nH]1. The number of hydrogen-bond donors (Lipinski definition) is 3. The highest BCUT2D eigenvalue weighted by Crippen LogP contribution is 2.19. The Morgan fingerprint density at radius 2 is 2.17 bits per heavy atom. The van der Waals surface area contributed by atoms with E-state index in [1.165, 1.54) is 5.56 Å². The van der Waals surface area contributed by atoms with Gasteiger partial charge in [-0.25, -0.2) is 0 Å². The Morgan fingerprint density at radius 3 is 2.83 bits per heavy atom. The van der Waals surface area contributed by atoms with Crippen molar-refractivity contribution in [2.75, 3.05) is 19.7 Å². The van der Waals surface area contributed by atoms with Gasteiger partial charge in [0.1, 0.15) is 5.69 Å². The summed E-state index contributed by atoms with van der Waals surface area (Å²) in [7, 11) is 0. The molecular formula is C17H22N4O2. The van der Waals surface area contributed by atoms with Crippen molar-refractivity contribution in [3.05, 3.63) is 53.3 Å². The molecule has 3 rings (SSSR count). The van der Waals surface area contributed by atoms with Crippen molar-refractivity contribution >= 4 is 5.91 Å². The Kier molecular flexibility index (Phi) is 4.73. The van der Waals surface area contributed by atoms with Crippen LogP contribution < -0.4 is 5.32 Å². The number of aliphatic hydroxyl groups is 1. The van der Waals surface area contributed by atoms with E-state index in [0.29, 0.717) is 5.69 Å². The molecule has 6 nitrogen and oxygen atoms in total. The number of benzene rings is 1. The third-order valence-corrected chi connectivity index (χ3v) is 4.26. The molecule has 3 N–H and O–H groups in total. The summed E-state index contributed by atoms with van der Waals surface area (Å²) < 4.78 is 0. The van der Waals surface area contributed by atoms with E-state index in [4.69, 9.17) is 0 Å². The van der Waals surface area contributed by atoms with Gasteiger partial charge in [0.2, 0.25) is 0 Å². The number of H-pyrrole nitrogens is 1. The lowest BCUT2D eigenvalue weighted by atomic mass is 10.1. The maximum atomic E-state index is 12.2. The molecule has 2 aromatic rings. The van der Waals surface area contributed by atoms with E-state index in [0.717, 1.165) is 25.3 Å². The molecule has 0 spiro atoms. The predicted molar refractivity (Wildman–Crippen MR) is 86.9 cm³/mol. The number of carbonyl (C=O) groups excluding carboxylic acids is 1. The summed E-state index contributed by atoms with van der Waals surface area (Å²) >= 11 is 0. The number of likely N-dealkylation sites (tertiary alicyclic amines) is 1. The summed E-state index contributed by atoms with van der Waals surface area (Å²) in [5.41, 5.74) is 2.48. The Bertz CT molecular complexity index is 656. The van der Waals surface area contributed by atoms with Crippen LogP contribution in [0.5, 0.6) is 0 Å². The first kappa shape index (κ1) is 15.7. The molecule has 2 atom stereocenters. The van der Waals surface area contributed by atoms with Gasteiger partial charge < -0.3 is 10.4 Å². The lowest BCUT2D eigenvalue weighted by molar-refractivity contribution is 0.0916. The smallest absolute Gasteiger partial charge is 0.272 e. The van der Waals surface area contributed by atoms with Gasteiger partial charge in [0, 0.05) is 43.9 Å². The molecular weight excluding hydrogens is 292 g/mol. The summed E-state index contributed by atoms with van der Waals surface area (Å²) in [6, 6.07) is 11.9. The zero-order chi connectivity index (χ0) is 16.2. The van der Waals surface area contributed by atoms with Gasteiger partial charge in [-0.1, -0.05) is 30.3 Å². The van der Waals surface area contributed by atoms with E-state index in [2.05, 4.69) is 32.5 Å². The Morgan fingerprint density at radius 1 is 1.39 bits per heavy atom. The maximum absolute atomic E-state index is 12.2. The number of nitrogens with zero attached hydrogens (tertiary/aromatic N) is 2. The summed E-state index contributed by atoms with van der Waals surface area (Å²) in [6.07, 6.45) is 0. The van der Waals surface area contributed by atoms with Gasteiger partial charge >= 0.3 is 0 Å². The van der Waals surface area contributed by atoms with E-state index in [-0.39, 0.29) is 24.5 Å². The Labute approximate surface area is 135 Å². The van der Waals surface area contributed by atoms with Crippen LogP contribution in [0.4, 0.5) is 0 Å². The summed E-state index contributed by atoms with van der Waals surface area (Å²) in [4.78, 5) is 14.5. The van der Waals surface area contributed by atoms with Gasteiger partial charge in [-0.05, 0) is 18.6 Å². The first-order valence-corrected chi connectivity index (χ1v) is 7.85. The molecule has 1 aliphatic rings. The zero-order valence-electron chi connectivity index (χ0n) is 13.2. The van der Waals surface area contributed by atoms with E-state index >= 15 is 0 Å². The number of aliphatic hydroxyl groups excluding tert-OH is 1. The van der Waals surface area contributed by atoms with Crippen molar-refractivity contribution in [3.8, 4) is 0 Å². The molecule has 1 aromatic carbocycles. The van der Waals surface area contributed by atoms with Crippen molar-refractivity contribution in [1.29, 1.82) is 0 Å². The number of hydrogen-bond acceptors (Lipinski definition) is 4. The number of aromatic amines is 1. The van der Waals surface area contributed by atoms with Crippen molar-refractivity contribution in [2.24, 2.45) is 5.92 Å². The topological polar surface area (TPSA) is 81.2 Å². The lowest BCUT2D eigenvalue weighted by Crippen LogP contribution is -2.41. The Balaban J connectivity index is 1.61. The molecule has 0 radical (unpaired) electrons. The fraction of sp³-hybridized carbons (Fsp3) is 0.412. The van der Waals surface area contributed by atoms with Gasteiger partial charge in [0.25, 0.3) is 5.91 Å². The van der Waals surface area contributed by atoms with Crippen LogP contribution in [0, 0.1) is 12.8 Å². The minimum Gasteiger partial charge on any atom is -0.396 e. The van der Waals surface area contributed by atoms with Crippen LogP contribution in [0.15, 0.2) is 36.4 Å². The van der Waals surface area contributed by atoms with Crippen molar-refractivity contribution in [2.45, 2.75) is 19.5 Å². The van der Waals surface area contributed by atoms with Gasteiger partial charge in [-0.2, -0.15) is 5.10 Å². The normalized spacial score (nSPS) is 21.5. The van der Waals surface area contributed by atoms with Crippen LogP contribution in [0.2, 0.25) is 0 Å². The fourth-order valence-corrected chi connectivity index (χ4v) is 3.06. The quantitative estimate of drug-likeness (QED) is 0.767. The van der Waals surface area contributed by atoms with E-state index in [9.17, 15) is 9.90 Å². The molecule has 0 aliphatic carbocycles. The number of nitrogens with one attached hydrogen (secondary N) is 2.